The van der Waals surface area contributed by atoms with Gasteiger partial charge in [0.25, 0.3) is 0 Å². The Labute approximate surface area is 54.7 Å². The molecule has 3 heteroatoms. The topological polar surface area (TPSA) is 18.5 Å². The van der Waals surface area contributed by atoms with E-state index in [4.69, 9.17) is 16.5 Å². The highest BCUT2D eigenvalue weighted by atomic mass is 35.5. The van der Waals surface area contributed by atoms with E-state index in [0.29, 0.717) is 0 Å². The van der Waals surface area contributed by atoms with Crippen molar-refractivity contribution in [2.75, 3.05) is 6.07 Å². The molecule has 0 N–H and O–H groups in total. The van der Waals surface area contributed by atoms with Crippen LogP contribution >= 0.6 is 11.6 Å². The quantitative estimate of drug-likeness (QED) is 0.330. The Morgan fingerprint density at radius 1 is 1.38 bits per heavy atom. The van der Waals surface area contributed by atoms with Gasteiger partial charge in [-0.15, -0.1) is 0 Å². The van der Waals surface area contributed by atoms with Crippen LogP contribution in [-0.2, 0) is 9.78 Å². The molecule has 0 aliphatic carbocycles. The van der Waals surface area contributed by atoms with Crippen molar-refractivity contribution >= 4 is 11.6 Å². The largest absolute Gasteiger partial charge is 0.230 e. The summed E-state index contributed by atoms with van der Waals surface area (Å²) in [6, 6.07) is 0.0806. The molecule has 0 spiro atoms. The van der Waals surface area contributed by atoms with Crippen LogP contribution in [0.15, 0.2) is 0 Å². The fourth-order valence-electron chi connectivity index (χ4n) is 0.199. The molecule has 0 heterocycles. The minimum absolute atomic E-state index is 0.0806. The van der Waals surface area contributed by atoms with Crippen molar-refractivity contribution in [2.45, 2.75) is 26.4 Å². The van der Waals surface area contributed by atoms with Crippen molar-refractivity contribution in [3.05, 3.63) is 0 Å². The Bertz CT molecular complexity index is 57.9. The molecule has 0 radical (unpaired) electrons. The fourth-order valence-corrected chi connectivity index (χ4v) is 0.244. The number of alkyl halides is 1. The van der Waals surface area contributed by atoms with E-state index in [2.05, 4.69) is 4.89 Å². The molecule has 50 valence electrons. The van der Waals surface area contributed by atoms with Crippen LogP contribution in [-0.4, -0.2) is 11.7 Å². The molecule has 0 bridgehead atoms. The van der Waals surface area contributed by atoms with E-state index >= 15 is 0 Å². The number of hydrogen-bond donors (Lipinski definition) is 0. The highest BCUT2D eigenvalue weighted by molar-refractivity contribution is 6.17. The van der Waals surface area contributed by atoms with E-state index < -0.39 is 0 Å². The lowest BCUT2D eigenvalue weighted by atomic mass is 10.2. The van der Waals surface area contributed by atoms with Gasteiger partial charge < -0.3 is 0 Å². The van der Waals surface area contributed by atoms with Gasteiger partial charge in [-0.3, -0.25) is 0 Å². The van der Waals surface area contributed by atoms with Crippen molar-refractivity contribution in [2.24, 2.45) is 0 Å². The molecule has 0 saturated carbocycles. The minimum atomic E-state index is -0.255. The predicted molar refractivity (Wildman–Crippen MR) is 32.6 cm³/mol. The summed E-state index contributed by atoms with van der Waals surface area (Å²) in [5.41, 5.74) is -0.255. The van der Waals surface area contributed by atoms with Crippen molar-refractivity contribution in [3.63, 3.8) is 0 Å². The minimum Gasteiger partial charge on any atom is -0.230 e. The highest BCUT2D eigenvalue weighted by Crippen LogP contribution is 2.06. The van der Waals surface area contributed by atoms with Gasteiger partial charge in [0.2, 0.25) is 0 Å². The molecule has 0 aromatic heterocycles. The summed E-state index contributed by atoms with van der Waals surface area (Å²) in [7, 11) is 0. The third-order valence-electron chi connectivity index (χ3n) is 0.353. The Kier molecular flexibility index (Phi) is 3.36. The van der Waals surface area contributed by atoms with Crippen LogP contribution in [0.4, 0.5) is 0 Å². The van der Waals surface area contributed by atoms with E-state index in [1.165, 1.54) is 0 Å². The second kappa shape index (κ2) is 3.28. The molecule has 0 unspecified atom stereocenters. The van der Waals surface area contributed by atoms with Crippen LogP contribution in [0, 0.1) is 0 Å². The summed E-state index contributed by atoms with van der Waals surface area (Å²) in [4.78, 5) is 9.21. The van der Waals surface area contributed by atoms with Gasteiger partial charge in [-0.25, -0.2) is 9.78 Å². The van der Waals surface area contributed by atoms with Crippen LogP contribution in [0.5, 0.6) is 0 Å². The zero-order chi connectivity index (χ0) is 6.62. The van der Waals surface area contributed by atoms with Gasteiger partial charge in [-0.2, -0.15) is 0 Å². The van der Waals surface area contributed by atoms with Gasteiger partial charge in [0.1, 0.15) is 0 Å². The summed E-state index contributed by atoms with van der Waals surface area (Å²) in [5, 5.41) is 0. The zero-order valence-corrected chi connectivity index (χ0v) is 6.16. The molecule has 0 amide bonds. The molecule has 0 saturated heterocycles. The highest BCUT2D eigenvalue weighted by Gasteiger charge is 2.09. The molecular weight excluding hydrogens is 128 g/mol. The maximum absolute atomic E-state index is 5.16. The third-order valence-corrected chi connectivity index (χ3v) is 0.443. The smallest absolute Gasteiger partial charge is 0.156 e. The molecule has 2 nitrogen and oxygen atoms in total. The fraction of sp³-hybridized carbons (Fsp3) is 1.00. The van der Waals surface area contributed by atoms with Crippen LogP contribution < -0.4 is 0 Å². The summed E-state index contributed by atoms with van der Waals surface area (Å²) >= 11 is 5.16. The van der Waals surface area contributed by atoms with Crippen molar-refractivity contribution in [1.29, 1.82) is 0 Å². The summed E-state index contributed by atoms with van der Waals surface area (Å²) in [5.74, 6) is 0. The van der Waals surface area contributed by atoms with Crippen molar-refractivity contribution in [1.82, 2.24) is 0 Å². The molecule has 0 fully saturated rings. The van der Waals surface area contributed by atoms with Crippen LogP contribution in [0.3, 0.4) is 0 Å². The first-order chi connectivity index (χ1) is 3.56. The summed E-state index contributed by atoms with van der Waals surface area (Å²) in [6.45, 7) is 5.67. The summed E-state index contributed by atoms with van der Waals surface area (Å²) < 4.78 is 0. The Morgan fingerprint density at radius 2 is 1.88 bits per heavy atom. The predicted octanol–water partition coefficient (Wildman–Crippen LogP) is 1.93. The average Bonchev–Trinajstić information content (AvgIpc) is 1.59. The second-order valence-corrected chi connectivity index (χ2v) is 2.64. The summed E-state index contributed by atoms with van der Waals surface area (Å²) in [6.07, 6.45) is 0. The maximum atomic E-state index is 5.16. The normalized spacial score (nSPS) is 12.0. The molecule has 8 heavy (non-hydrogen) atoms. The van der Waals surface area contributed by atoms with Crippen molar-refractivity contribution in [3.8, 4) is 0 Å². The van der Waals surface area contributed by atoms with E-state index in [1.807, 2.05) is 20.8 Å². The first-order valence-electron chi connectivity index (χ1n) is 2.43. The van der Waals surface area contributed by atoms with Gasteiger partial charge >= 0.3 is 0 Å². The van der Waals surface area contributed by atoms with E-state index in [9.17, 15) is 0 Å². The SMILES string of the molecule is CC(C)(C)OOCCl. The van der Waals surface area contributed by atoms with Gasteiger partial charge in [-0.1, -0.05) is 11.6 Å². The van der Waals surface area contributed by atoms with Crippen molar-refractivity contribution < 1.29 is 9.78 Å². The number of rotatable bonds is 2. The molecular formula is C5H11ClO2. The van der Waals surface area contributed by atoms with Gasteiger partial charge in [-0.05, 0) is 20.8 Å². The maximum Gasteiger partial charge on any atom is 0.156 e. The molecule has 0 aliphatic rings. The lowest BCUT2D eigenvalue weighted by Crippen LogP contribution is -2.18. The Morgan fingerprint density at radius 3 is 2.00 bits per heavy atom. The lowest BCUT2D eigenvalue weighted by molar-refractivity contribution is -0.336. The molecule has 0 rings (SSSR count). The standard InChI is InChI=1S/C5H11ClO2/c1-5(2,3)8-7-4-6/h4H2,1-3H3. The molecule has 0 aliphatic heterocycles. The molecule has 0 aromatic rings. The van der Waals surface area contributed by atoms with E-state index in [0.717, 1.165) is 0 Å². The zero-order valence-electron chi connectivity index (χ0n) is 5.40. The van der Waals surface area contributed by atoms with Crippen LogP contribution in [0.25, 0.3) is 0 Å². The van der Waals surface area contributed by atoms with Crippen LogP contribution in [0.2, 0.25) is 0 Å². The first kappa shape index (κ1) is 8.21. The number of hydrogen-bond acceptors (Lipinski definition) is 2. The molecule has 0 aromatic carbocycles. The lowest BCUT2D eigenvalue weighted by Gasteiger charge is -2.15. The monoisotopic (exact) mass is 138 g/mol. The number of halogens is 1. The van der Waals surface area contributed by atoms with Gasteiger partial charge in [0.05, 0.1) is 5.60 Å². The van der Waals surface area contributed by atoms with Gasteiger partial charge in [0, 0.05) is 0 Å². The van der Waals surface area contributed by atoms with E-state index in [-0.39, 0.29) is 11.7 Å². The Balaban J connectivity index is 3.11. The van der Waals surface area contributed by atoms with Gasteiger partial charge in [0.15, 0.2) is 6.07 Å². The molecule has 0 atom stereocenters. The first-order valence-corrected chi connectivity index (χ1v) is 2.96. The average molecular weight is 139 g/mol. The van der Waals surface area contributed by atoms with Crippen LogP contribution in [0.1, 0.15) is 20.8 Å². The third kappa shape index (κ3) is 6.21. The second-order valence-electron chi connectivity index (χ2n) is 2.42. The van der Waals surface area contributed by atoms with E-state index in [1.54, 1.807) is 0 Å². The Hall–Kier alpha value is 0.210.